The van der Waals surface area contributed by atoms with Crippen molar-refractivity contribution >= 4 is 5.97 Å². The molecule has 5 saturated carbocycles. The number of rotatable bonds is 14. The van der Waals surface area contributed by atoms with Gasteiger partial charge in [-0.1, -0.05) is 19.3 Å². The van der Waals surface area contributed by atoms with Crippen LogP contribution >= 0.6 is 0 Å². The Labute approximate surface area is 365 Å². The number of aliphatic carboxylic acids is 1. The molecule has 8 rings (SSSR count). The van der Waals surface area contributed by atoms with Crippen molar-refractivity contribution in [2.45, 2.75) is 209 Å². The normalized spacial score (nSPS) is 48.8. The minimum absolute atomic E-state index is 0.0242. The van der Waals surface area contributed by atoms with Gasteiger partial charge >= 0.3 is 0 Å². The second kappa shape index (κ2) is 19.5. The van der Waals surface area contributed by atoms with E-state index in [1.807, 2.05) is 0 Å². The minimum atomic E-state index is -0.952. The maximum atomic E-state index is 13.4. The summed E-state index contributed by atoms with van der Waals surface area (Å²) in [6.07, 6.45) is 15.1. The number of aliphatic hydroxyl groups is 4. The van der Waals surface area contributed by atoms with Crippen LogP contribution in [0.5, 0.6) is 0 Å². The van der Waals surface area contributed by atoms with E-state index >= 15 is 0 Å². The van der Waals surface area contributed by atoms with Gasteiger partial charge in [0.25, 0.3) is 0 Å². The maximum Gasteiger partial charge on any atom is 0.137 e. The summed E-state index contributed by atoms with van der Waals surface area (Å²) < 4.78 is 25.7. The first-order valence-corrected chi connectivity index (χ1v) is 25.0. The van der Waals surface area contributed by atoms with E-state index in [0.717, 1.165) is 77.2 Å². The van der Waals surface area contributed by atoms with Crippen molar-refractivity contribution in [1.29, 1.82) is 0 Å². The Bertz CT molecular complexity index is 1450. The van der Waals surface area contributed by atoms with Crippen LogP contribution in [-0.4, -0.2) is 127 Å². The maximum absolute atomic E-state index is 13.4. The minimum Gasteiger partial charge on any atom is -0.550 e. The van der Waals surface area contributed by atoms with Gasteiger partial charge in [0.1, 0.15) is 18.3 Å². The molecule has 0 bridgehead atoms. The molecule has 8 aliphatic rings. The zero-order valence-corrected chi connectivity index (χ0v) is 37.8. The number of methoxy groups -OCH3 is 2. The molecule has 350 valence electrons. The van der Waals surface area contributed by atoms with Crippen molar-refractivity contribution in [3.63, 3.8) is 0 Å². The summed E-state index contributed by atoms with van der Waals surface area (Å²) in [4.78, 5) is 13.4. The molecule has 13 heteroatoms. The molecular formula is C48H84N3O10+. The van der Waals surface area contributed by atoms with Crippen LogP contribution in [0.3, 0.4) is 0 Å². The summed E-state index contributed by atoms with van der Waals surface area (Å²) in [5.74, 6) is 0.174. The monoisotopic (exact) mass is 863 g/mol. The van der Waals surface area contributed by atoms with E-state index in [2.05, 4.69) is 17.6 Å². The number of piperidine rings is 2. The van der Waals surface area contributed by atoms with Crippen LogP contribution in [0.2, 0.25) is 0 Å². The molecule has 8 fully saturated rings. The number of carbonyl (C=O) groups is 1. The van der Waals surface area contributed by atoms with Gasteiger partial charge in [0.2, 0.25) is 0 Å². The molecule has 0 aromatic rings. The standard InChI is InChI=1S/C48H83N3O10/c1-28-24-47-16-6-7-40(47)46(14-4-5-15-46)25-34(30-12-17-50-42(49)22-30)48(47,26-43(55)56)41(51-28)27-60-39-21-31(20-38(59-3)44(39)57)45-33(13-18-52)36(54)23-32(61-45)10-8-29-9-11-35(53)37(19-29)58-2/h28-42,44-45,50-54,57H,4-27,49H2,1-3H3,(H,55,56)/p+1. The van der Waals surface area contributed by atoms with Gasteiger partial charge in [-0.3, -0.25) is 5.73 Å². The molecule has 19 unspecified atom stereocenters. The van der Waals surface area contributed by atoms with Gasteiger partial charge in [-0.25, -0.2) is 0 Å². The van der Waals surface area contributed by atoms with Gasteiger partial charge in [0.15, 0.2) is 0 Å². The predicted molar refractivity (Wildman–Crippen MR) is 225 cm³/mol. The number of hydrogen-bond donors (Lipinski definition) is 7. The van der Waals surface area contributed by atoms with Crippen LogP contribution < -0.4 is 21.5 Å². The third-order valence-corrected chi connectivity index (χ3v) is 19.2. The lowest BCUT2D eigenvalue weighted by atomic mass is 9.35. The van der Waals surface area contributed by atoms with Gasteiger partial charge in [0.05, 0.1) is 61.9 Å². The van der Waals surface area contributed by atoms with E-state index in [0.29, 0.717) is 56.1 Å². The van der Waals surface area contributed by atoms with Crippen LogP contribution in [0.15, 0.2) is 0 Å². The lowest BCUT2D eigenvalue weighted by Crippen LogP contribution is -3.03. The van der Waals surface area contributed by atoms with Crippen molar-refractivity contribution in [2.24, 2.45) is 57.5 Å². The fraction of sp³-hybridized carbons (Fsp3) is 0.979. The molecule has 0 aromatic carbocycles. The van der Waals surface area contributed by atoms with Crippen molar-refractivity contribution in [2.75, 3.05) is 34.0 Å². The molecular weight excluding hydrogens is 779 g/mol. The van der Waals surface area contributed by atoms with Crippen molar-refractivity contribution in [3.8, 4) is 0 Å². The number of fused-ring (bicyclic) bond motifs is 1. The predicted octanol–water partition coefficient (Wildman–Crippen LogP) is 1.11. The van der Waals surface area contributed by atoms with E-state index in [1.54, 1.807) is 14.2 Å². The topological polar surface area (TPSA) is 217 Å². The van der Waals surface area contributed by atoms with Crippen molar-refractivity contribution < 1.29 is 59.9 Å². The molecule has 19 atom stereocenters. The fourth-order valence-electron chi connectivity index (χ4n) is 16.9. The quantitative estimate of drug-likeness (QED) is 0.131. The van der Waals surface area contributed by atoms with Crippen molar-refractivity contribution in [3.05, 3.63) is 0 Å². The summed E-state index contributed by atoms with van der Waals surface area (Å²) in [7, 11) is 3.30. The highest BCUT2D eigenvalue weighted by Crippen LogP contribution is 2.76. The molecule has 3 heterocycles. The molecule has 5 aliphatic carbocycles. The fourth-order valence-corrected chi connectivity index (χ4v) is 16.9. The Morgan fingerprint density at radius 1 is 0.852 bits per heavy atom. The first-order chi connectivity index (χ1) is 29.4. The summed E-state index contributed by atoms with van der Waals surface area (Å²) in [6.45, 7) is 3.58. The zero-order chi connectivity index (χ0) is 43.1. The Balaban J connectivity index is 1.06. The van der Waals surface area contributed by atoms with E-state index in [-0.39, 0.29) is 72.1 Å². The third kappa shape index (κ3) is 8.88. The Hall–Kier alpha value is -0.970. The van der Waals surface area contributed by atoms with Crippen LogP contribution in [0, 0.1) is 51.8 Å². The Morgan fingerprint density at radius 2 is 1.62 bits per heavy atom. The molecule has 3 saturated heterocycles. The summed E-state index contributed by atoms with van der Waals surface area (Å²) >= 11 is 0. The summed E-state index contributed by atoms with van der Waals surface area (Å²) in [5.41, 5.74) is 6.35. The van der Waals surface area contributed by atoms with E-state index < -0.39 is 41.9 Å². The van der Waals surface area contributed by atoms with Gasteiger partial charge in [0, 0.05) is 51.0 Å². The third-order valence-electron chi connectivity index (χ3n) is 19.2. The summed E-state index contributed by atoms with van der Waals surface area (Å²) in [6, 6.07) is 0.193. The van der Waals surface area contributed by atoms with Crippen LogP contribution in [0.1, 0.15) is 142 Å². The lowest BCUT2D eigenvalue weighted by Gasteiger charge is -2.70. The average molecular weight is 863 g/mol. The van der Waals surface area contributed by atoms with E-state index in [4.69, 9.17) is 24.7 Å². The molecule has 3 aliphatic heterocycles. The average Bonchev–Trinajstić information content (AvgIpc) is 3.90. The van der Waals surface area contributed by atoms with E-state index in [1.165, 1.54) is 32.1 Å². The van der Waals surface area contributed by atoms with Crippen LogP contribution in [0.25, 0.3) is 0 Å². The molecule has 0 amide bonds. The number of quaternary nitrogens is 2. The second-order valence-electron chi connectivity index (χ2n) is 22.2. The first kappa shape index (κ1) is 46.6. The number of ether oxygens (including phenoxy) is 4. The zero-order valence-electron chi connectivity index (χ0n) is 37.8. The number of carboxylic acid groups (broad SMARTS) is 1. The molecule has 0 aromatic heterocycles. The summed E-state index contributed by atoms with van der Waals surface area (Å²) in [5, 5.41) is 62.3. The number of carboxylic acids is 1. The largest absolute Gasteiger partial charge is 0.550 e. The van der Waals surface area contributed by atoms with Gasteiger partial charge < -0.3 is 59.9 Å². The molecule has 0 radical (unpaired) electrons. The van der Waals surface area contributed by atoms with Gasteiger partial charge in [-0.05, 0) is 150 Å². The van der Waals surface area contributed by atoms with Gasteiger partial charge in [-0.15, -0.1) is 0 Å². The van der Waals surface area contributed by atoms with Gasteiger partial charge in [-0.2, -0.15) is 0 Å². The number of aliphatic hydroxyl groups excluding tert-OH is 4. The molecule has 61 heavy (non-hydrogen) atoms. The van der Waals surface area contributed by atoms with E-state index in [9.17, 15) is 30.3 Å². The number of carbonyl (C=O) groups excluding carboxylic acids is 1. The lowest BCUT2D eigenvalue weighted by molar-refractivity contribution is -0.756. The Morgan fingerprint density at radius 3 is 2.34 bits per heavy atom. The highest BCUT2D eigenvalue weighted by Gasteiger charge is 2.75. The second-order valence-corrected chi connectivity index (χ2v) is 22.2. The first-order valence-electron chi connectivity index (χ1n) is 25.0. The van der Waals surface area contributed by atoms with Crippen LogP contribution in [0.4, 0.5) is 0 Å². The Kier molecular flexibility index (Phi) is 14.9. The number of hydrogen-bond acceptors (Lipinski definition) is 11. The molecule has 10 N–H and O–H groups in total. The van der Waals surface area contributed by atoms with Crippen molar-refractivity contribution in [1.82, 2.24) is 0 Å². The number of nitrogens with two attached hydrogens (primary N) is 3. The SMILES string of the molecule is COC1CC(CCC2CC(O)C(CCO)C(C3CC(OC)C(O)C(OCC4[NH2+]C(C)CC56CCCC5C5(CCCC5)CC(C5CC[NH2+]C(N)C5)C46CC(=O)[O-])C3)O2)CCC1O. The van der Waals surface area contributed by atoms with Crippen LogP contribution in [-0.2, 0) is 23.7 Å². The highest BCUT2D eigenvalue weighted by atomic mass is 16.5. The smallest absolute Gasteiger partial charge is 0.137 e. The molecule has 2 spiro atoms. The molecule has 13 nitrogen and oxygen atoms in total. The highest BCUT2D eigenvalue weighted by molar-refractivity contribution is 5.66.